The molecule has 1 aliphatic carbocycles. The fourth-order valence-electron chi connectivity index (χ4n) is 2.51. The van der Waals surface area contributed by atoms with Crippen LogP contribution in [0.4, 0.5) is 5.69 Å². The second-order valence-electron chi connectivity index (χ2n) is 4.59. The first-order valence-electron chi connectivity index (χ1n) is 5.94. The Hall–Kier alpha value is -1.58. The van der Waals surface area contributed by atoms with E-state index in [1.54, 1.807) is 10.7 Å². The molecule has 0 unspecified atom stereocenters. The monoisotopic (exact) mass is 216 g/mol. The van der Waals surface area contributed by atoms with Crippen LogP contribution in [0.25, 0.3) is 5.65 Å². The number of hydrogen-bond acceptors (Lipinski definition) is 3. The van der Waals surface area contributed by atoms with E-state index in [9.17, 15) is 0 Å². The average Bonchev–Trinajstić information content (AvgIpc) is 2.73. The van der Waals surface area contributed by atoms with Gasteiger partial charge in [0, 0.05) is 12.0 Å². The Bertz CT molecular complexity index is 497. The third kappa shape index (κ3) is 1.64. The lowest BCUT2D eigenvalue weighted by Crippen LogP contribution is -2.05. The molecular formula is C12H16N4. The molecule has 0 radical (unpaired) electrons. The molecule has 0 atom stereocenters. The molecule has 4 heteroatoms. The molecule has 0 aliphatic heterocycles. The van der Waals surface area contributed by atoms with Crippen LogP contribution >= 0.6 is 0 Å². The molecule has 0 saturated heterocycles. The number of hydrogen-bond donors (Lipinski definition) is 1. The van der Waals surface area contributed by atoms with Crippen molar-refractivity contribution in [1.82, 2.24) is 14.6 Å². The summed E-state index contributed by atoms with van der Waals surface area (Å²) in [6.45, 7) is 0. The van der Waals surface area contributed by atoms with Gasteiger partial charge < -0.3 is 5.73 Å². The Morgan fingerprint density at radius 1 is 1.25 bits per heavy atom. The molecule has 2 aromatic rings. The molecule has 16 heavy (non-hydrogen) atoms. The van der Waals surface area contributed by atoms with Gasteiger partial charge in [0.15, 0.2) is 5.65 Å². The van der Waals surface area contributed by atoms with Crippen molar-refractivity contribution in [3.63, 3.8) is 0 Å². The van der Waals surface area contributed by atoms with Crippen molar-refractivity contribution in [3.05, 3.63) is 24.2 Å². The van der Waals surface area contributed by atoms with E-state index in [0.717, 1.165) is 5.65 Å². The average molecular weight is 216 g/mol. The second kappa shape index (κ2) is 3.77. The summed E-state index contributed by atoms with van der Waals surface area (Å²) in [5.41, 5.74) is 8.42. The number of anilines is 1. The topological polar surface area (TPSA) is 56.2 Å². The van der Waals surface area contributed by atoms with E-state index in [0.29, 0.717) is 11.6 Å². The number of rotatable bonds is 1. The van der Waals surface area contributed by atoms with Crippen LogP contribution in [0, 0.1) is 0 Å². The zero-order valence-corrected chi connectivity index (χ0v) is 9.26. The lowest BCUT2D eigenvalue weighted by atomic mass is 9.87. The van der Waals surface area contributed by atoms with Crippen LogP contribution in [0.15, 0.2) is 18.5 Å². The van der Waals surface area contributed by atoms with E-state index in [-0.39, 0.29) is 0 Å². The first-order chi connectivity index (χ1) is 7.83. The number of fused-ring (bicyclic) bond motifs is 1. The summed E-state index contributed by atoms with van der Waals surface area (Å²) < 4.78 is 1.79. The minimum atomic E-state index is 0.622. The van der Waals surface area contributed by atoms with Crippen LogP contribution < -0.4 is 5.73 Å². The summed E-state index contributed by atoms with van der Waals surface area (Å²) in [6, 6.07) is 2.09. The van der Waals surface area contributed by atoms with Gasteiger partial charge in [-0.1, -0.05) is 19.3 Å². The number of nitrogen functional groups attached to an aromatic ring is 1. The van der Waals surface area contributed by atoms with E-state index in [1.807, 2.05) is 6.20 Å². The number of nitrogens with zero attached hydrogens (tertiary/aromatic N) is 3. The Labute approximate surface area is 94.5 Å². The summed E-state index contributed by atoms with van der Waals surface area (Å²) in [5, 5.41) is 4.57. The zero-order chi connectivity index (χ0) is 11.0. The largest absolute Gasteiger partial charge is 0.396 e. The minimum Gasteiger partial charge on any atom is -0.396 e. The van der Waals surface area contributed by atoms with Crippen LogP contribution in [0.5, 0.6) is 0 Å². The highest BCUT2D eigenvalue weighted by Gasteiger charge is 2.18. The summed E-state index contributed by atoms with van der Waals surface area (Å²) in [7, 11) is 0. The lowest BCUT2D eigenvalue weighted by molar-refractivity contribution is 0.435. The molecule has 3 rings (SSSR count). The van der Waals surface area contributed by atoms with Crippen LogP contribution in [-0.4, -0.2) is 14.6 Å². The second-order valence-corrected chi connectivity index (χ2v) is 4.59. The fraction of sp³-hybridized carbons (Fsp3) is 0.500. The number of aromatic nitrogens is 3. The predicted molar refractivity (Wildman–Crippen MR) is 63.2 cm³/mol. The van der Waals surface area contributed by atoms with Crippen molar-refractivity contribution in [2.24, 2.45) is 0 Å². The summed E-state index contributed by atoms with van der Waals surface area (Å²) in [6.07, 6.45) is 10.1. The molecule has 1 fully saturated rings. The Morgan fingerprint density at radius 3 is 2.88 bits per heavy atom. The third-order valence-electron chi connectivity index (χ3n) is 3.38. The van der Waals surface area contributed by atoms with Gasteiger partial charge in [0.25, 0.3) is 0 Å². The van der Waals surface area contributed by atoms with Crippen molar-refractivity contribution < 1.29 is 0 Å². The smallest absolute Gasteiger partial charge is 0.155 e. The highest BCUT2D eigenvalue weighted by molar-refractivity contribution is 5.45. The molecule has 2 heterocycles. The normalized spacial score (nSPS) is 18.0. The van der Waals surface area contributed by atoms with Gasteiger partial charge in [0.1, 0.15) is 0 Å². The van der Waals surface area contributed by atoms with Gasteiger partial charge in [-0.15, -0.1) is 0 Å². The van der Waals surface area contributed by atoms with Crippen molar-refractivity contribution >= 4 is 11.3 Å². The maximum Gasteiger partial charge on any atom is 0.155 e. The minimum absolute atomic E-state index is 0.622. The van der Waals surface area contributed by atoms with E-state index in [4.69, 9.17) is 5.73 Å². The van der Waals surface area contributed by atoms with Crippen molar-refractivity contribution in [1.29, 1.82) is 0 Å². The molecule has 2 N–H and O–H groups in total. The van der Waals surface area contributed by atoms with Gasteiger partial charge in [-0.25, -0.2) is 9.50 Å². The quantitative estimate of drug-likeness (QED) is 0.796. The van der Waals surface area contributed by atoms with Gasteiger partial charge in [-0.05, 0) is 12.8 Å². The van der Waals surface area contributed by atoms with Gasteiger partial charge in [-0.2, -0.15) is 5.10 Å². The van der Waals surface area contributed by atoms with Crippen LogP contribution in [-0.2, 0) is 0 Å². The SMILES string of the molecule is Nc1cnc2cc(C3CCCCC3)nn2c1. The Balaban J connectivity index is 1.97. The molecule has 2 aromatic heterocycles. The highest BCUT2D eigenvalue weighted by atomic mass is 15.2. The molecule has 0 amide bonds. The van der Waals surface area contributed by atoms with Gasteiger partial charge in [-0.3, -0.25) is 0 Å². The van der Waals surface area contributed by atoms with Gasteiger partial charge >= 0.3 is 0 Å². The Morgan fingerprint density at radius 2 is 2.06 bits per heavy atom. The Kier molecular flexibility index (Phi) is 2.27. The maximum atomic E-state index is 5.69. The van der Waals surface area contributed by atoms with E-state index in [2.05, 4.69) is 16.1 Å². The van der Waals surface area contributed by atoms with Crippen LogP contribution in [0.1, 0.15) is 43.7 Å². The van der Waals surface area contributed by atoms with Crippen molar-refractivity contribution in [3.8, 4) is 0 Å². The van der Waals surface area contributed by atoms with Crippen molar-refractivity contribution in [2.45, 2.75) is 38.0 Å². The standard InChI is InChI=1S/C12H16N4/c13-10-7-14-12-6-11(15-16(12)8-10)9-4-2-1-3-5-9/h6-9H,1-5,13H2. The molecule has 84 valence electrons. The molecular weight excluding hydrogens is 200 g/mol. The molecule has 4 nitrogen and oxygen atoms in total. The maximum absolute atomic E-state index is 5.69. The fourth-order valence-corrected chi connectivity index (χ4v) is 2.51. The van der Waals surface area contributed by atoms with E-state index in [1.165, 1.54) is 37.8 Å². The first kappa shape index (κ1) is 9.63. The third-order valence-corrected chi connectivity index (χ3v) is 3.38. The molecule has 1 saturated carbocycles. The number of nitrogens with two attached hydrogens (primary N) is 1. The van der Waals surface area contributed by atoms with Crippen LogP contribution in [0.3, 0.4) is 0 Å². The highest BCUT2D eigenvalue weighted by Crippen LogP contribution is 2.31. The van der Waals surface area contributed by atoms with E-state index >= 15 is 0 Å². The van der Waals surface area contributed by atoms with Gasteiger partial charge in [0.05, 0.1) is 23.8 Å². The lowest BCUT2D eigenvalue weighted by Gasteiger charge is -2.18. The summed E-state index contributed by atoms with van der Waals surface area (Å²) >= 11 is 0. The van der Waals surface area contributed by atoms with E-state index < -0.39 is 0 Å². The molecule has 0 spiro atoms. The summed E-state index contributed by atoms with van der Waals surface area (Å²) in [5.74, 6) is 0.622. The molecule has 0 bridgehead atoms. The molecule has 0 aromatic carbocycles. The van der Waals surface area contributed by atoms with Gasteiger partial charge in [0.2, 0.25) is 0 Å². The molecule has 1 aliphatic rings. The predicted octanol–water partition coefficient (Wildman–Crippen LogP) is 2.36. The zero-order valence-electron chi connectivity index (χ0n) is 9.26. The summed E-state index contributed by atoms with van der Waals surface area (Å²) in [4.78, 5) is 4.27. The van der Waals surface area contributed by atoms with Crippen LogP contribution in [0.2, 0.25) is 0 Å². The first-order valence-corrected chi connectivity index (χ1v) is 5.94. The van der Waals surface area contributed by atoms with Crippen molar-refractivity contribution in [2.75, 3.05) is 5.73 Å².